The number of nitrogens with one attached hydrogen (secondary N) is 1. The highest BCUT2D eigenvalue weighted by Gasteiger charge is 2.21. The molecule has 2 fully saturated rings. The topological polar surface area (TPSA) is 73.3 Å². The normalized spacial score (nSPS) is 17.4. The van der Waals surface area contributed by atoms with Crippen molar-refractivity contribution >= 4 is 29.0 Å². The molecule has 8 nitrogen and oxygen atoms in total. The molecule has 4 aromatic rings. The molecule has 0 aliphatic carbocycles. The van der Waals surface area contributed by atoms with Gasteiger partial charge in [-0.25, -0.2) is 0 Å². The van der Waals surface area contributed by atoms with Crippen molar-refractivity contribution in [3.05, 3.63) is 83.8 Å². The van der Waals surface area contributed by atoms with Gasteiger partial charge in [0.1, 0.15) is 0 Å². The van der Waals surface area contributed by atoms with Crippen LogP contribution in [0.25, 0.3) is 34.2 Å². The molecule has 0 spiro atoms. The number of aromatic amines is 1. The first-order valence-corrected chi connectivity index (χ1v) is 15.2. The van der Waals surface area contributed by atoms with Gasteiger partial charge in [0.2, 0.25) is 5.91 Å². The number of nitrogens with zero attached hydrogens (tertiary/aromatic N) is 6. The number of hydrogen-bond donors (Lipinski definition) is 1. The quantitative estimate of drug-likeness (QED) is 0.291. The zero-order chi connectivity index (χ0) is 29.1. The predicted octanol–water partition coefficient (Wildman–Crippen LogP) is 5.39. The van der Waals surface area contributed by atoms with Gasteiger partial charge in [0, 0.05) is 63.0 Å². The third kappa shape index (κ3) is 6.10. The molecule has 4 heterocycles. The van der Waals surface area contributed by atoms with Crippen LogP contribution in [0, 0.1) is 6.92 Å². The van der Waals surface area contributed by atoms with E-state index in [1.165, 1.54) is 28.3 Å². The number of carbonyl (C=O) groups excluding carboxylic acids is 1. The molecule has 8 heteroatoms. The summed E-state index contributed by atoms with van der Waals surface area (Å²) < 4.78 is 2.14. The molecule has 0 saturated carbocycles. The van der Waals surface area contributed by atoms with E-state index in [0.29, 0.717) is 6.04 Å². The van der Waals surface area contributed by atoms with E-state index in [-0.39, 0.29) is 5.91 Å². The average Bonchev–Trinajstić information content (AvgIpc) is 3.67. The van der Waals surface area contributed by atoms with Crippen LogP contribution in [0.3, 0.4) is 0 Å². The second-order valence-corrected chi connectivity index (χ2v) is 11.6. The maximum absolute atomic E-state index is 11.9. The molecule has 0 unspecified atom stereocenters. The standard InChI is InChI=1S/C34H41N7O/c1-4-34(42)40-18-16-39(17-19-40)23-26-6-9-28(10-7-26)30-21-31-32(36-37-33(31)20-25(30)3)11-8-27-22-35-41(24-27)29-12-14-38(5-2)15-13-29/h4,6-11,20-22,24,29H,1,5,12-19,23H2,2-3H3,(H,36,37)/b11-8+. The van der Waals surface area contributed by atoms with Gasteiger partial charge in [-0.2, -0.15) is 10.2 Å². The van der Waals surface area contributed by atoms with Crippen LogP contribution in [0.1, 0.15) is 48.2 Å². The number of piperidine rings is 1. The number of fused-ring (bicyclic) bond motifs is 1. The molecular weight excluding hydrogens is 522 g/mol. The van der Waals surface area contributed by atoms with Crippen LogP contribution in [0.4, 0.5) is 0 Å². The van der Waals surface area contributed by atoms with Gasteiger partial charge in [0.25, 0.3) is 0 Å². The molecule has 42 heavy (non-hydrogen) atoms. The van der Waals surface area contributed by atoms with Gasteiger partial charge in [-0.3, -0.25) is 19.5 Å². The lowest BCUT2D eigenvalue weighted by Crippen LogP contribution is -2.47. The highest BCUT2D eigenvalue weighted by molar-refractivity contribution is 5.93. The Labute approximate surface area is 248 Å². The van der Waals surface area contributed by atoms with E-state index >= 15 is 0 Å². The Kier molecular flexibility index (Phi) is 8.35. The van der Waals surface area contributed by atoms with Crippen LogP contribution >= 0.6 is 0 Å². The van der Waals surface area contributed by atoms with E-state index in [1.807, 2.05) is 11.1 Å². The third-order valence-corrected chi connectivity index (χ3v) is 8.90. The number of hydrogen-bond acceptors (Lipinski definition) is 5. The lowest BCUT2D eigenvalue weighted by molar-refractivity contribution is -0.127. The Morgan fingerprint density at radius 1 is 1.02 bits per heavy atom. The predicted molar refractivity (Wildman–Crippen MR) is 170 cm³/mol. The van der Waals surface area contributed by atoms with Crippen molar-refractivity contribution in [1.29, 1.82) is 0 Å². The summed E-state index contributed by atoms with van der Waals surface area (Å²) in [6.07, 6.45) is 12.0. The number of aryl methyl sites for hydroxylation is 1. The van der Waals surface area contributed by atoms with Crippen molar-refractivity contribution in [3.8, 4) is 11.1 Å². The SMILES string of the molecule is C=CC(=O)N1CCN(Cc2ccc(-c3cc4c(/C=C/c5cnn(C6CCN(CC)CC6)c5)n[nH]c4cc3C)cc2)CC1. The van der Waals surface area contributed by atoms with Crippen LogP contribution in [0.5, 0.6) is 0 Å². The molecule has 6 rings (SSSR count). The zero-order valence-electron chi connectivity index (χ0n) is 24.8. The minimum atomic E-state index is 0.0251. The number of benzene rings is 2. The molecule has 0 bridgehead atoms. The Hall–Kier alpha value is -4.01. The largest absolute Gasteiger partial charge is 0.337 e. The number of carbonyl (C=O) groups is 1. The summed E-state index contributed by atoms with van der Waals surface area (Å²) in [6, 6.07) is 13.8. The summed E-state index contributed by atoms with van der Waals surface area (Å²) in [6.45, 7) is 15.6. The van der Waals surface area contributed by atoms with Crippen LogP contribution in [-0.2, 0) is 11.3 Å². The molecule has 0 atom stereocenters. The maximum atomic E-state index is 11.9. The first kappa shape index (κ1) is 28.1. The van der Waals surface area contributed by atoms with Gasteiger partial charge in [-0.1, -0.05) is 37.8 Å². The maximum Gasteiger partial charge on any atom is 0.246 e. The van der Waals surface area contributed by atoms with E-state index in [2.05, 4.69) is 105 Å². The molecule has 2 aromatic heterocycles. The summed E-state index contributed by atoms with van der Waals surface area (Å²) in [5, 5.41) is 13.6. The van der Waals surface area contributed by atoms with Gasteiger partial charge < -0.3 is 9.80 Å². The van der Waals surface area contributed by atoms with Gasteiger partial charge >= 0.3 is 0 Å². The highest BCUT2D eigenvalue weighted by Crippen LogP contribution is 2.30. The minimum absolute atomic E-state index is 0.0251. The van der Waals surface area contributed by atoms with Gasteiger partial charge in [0.05, 0.1) is 23.4 Å². The van der Waals surface area contributed by atoms with E-state index in [1.54, 1.807) is 0 Å². The number of aromatic nitrogens is 4. The van der Waals surface area contributed by atoms with Crippen molar-refractivity contribution in [1.82, 2.24) is 34.7 Å². The number of amides is 1. The number of piperazine rings is 1. The molecular formula is C34H41N7O. The molecule has 218 valence electrons. The molecule has 2 aromatic carbocycles. The second-order valence-electron chi connectivity index (χ2n) is 11.6. The first-order valence-electron chi connectivity index (χ1n) is 15.2. The first-order chi connectivity index (χ1) is 20.5. The molecule has 2 aliphatic rings. The number of likely N-dealkylation sites (tertiary alicyclic amines) is 1. The van der Waals surface area contributed by atoms with Crippen molar-refractivity contribution in [2.24, 2.45) is 0 Å². The van der Waals surface area contributed by atoms with E-state index in [9.17, 15) is 4.79 Å². The lowest BCUT2D eigenvalue weighted by Gasteiger charge is -2.34. The number of H-pyrrole nitrogens is 1. The van der Waals surface area contributed by atoms with Crippen LogP contribution < -0.4 is 0 Å². The molecule has 1 N–H and O–H groups in total. The second kappa shape index (κ2) is 12.5. The van der Waals surface area contributed by atoms with Crippen LogP contribution in [0.2, 0.25) is 0 Å². The highest BCUT2D eigenvalue weighted by atomic mass is 16.2. The van der Waals surface area contributed by atoms with E-state index in [4.69, 9.17) is 0 Å². The third-order valence-electron chi connectivity index (χ3n) is 8.90. The van der Waals surface area contributed by atoms with Gasteiger partial charge in [0.15, 0.2) is 0 Å². The Bertz CT molecular complexity index is 1570. The summed E-state index contributed by atoms with van der Waals surface area (Å²) in [7, 11) is 0. The van der Waals surface area contributed by atoms with Crippen molar-refractivity contribution in [2.45, 2.75) is 39.3 Å². The zero-order valence-corrected chi connectivity index (χ0v) is 24.8. The van der Waals surface area contributed by atoms with Crippen molar-refractivity contribution in [2.75, 3.05) is 45.8 Å². The fourth-order valence-corrected chi connectivity index (χ4v) is 6.25. The molecule has 1 amide bonds. The minimum Gasteiger partial charge on any atom is -0.337 e. The fourth-order valence-electron chi connectivity index (χ4n) is 6.25. The van der Waals surface area contributed by atoms with Crippen molar-refractivity contribution in [3.63, 3.8) is 0 Å². The monoisotopic (exact) mass is 563 g/mol. The van der Waals surface area contributed by atoms with Gasteiger partial charge in [-0.05, 0) is 78.9 Å². The summed E-state index contributed by atoms with van der Waals surface area (Å²) in [4.78, 5) is 18.6. The van der Waals surface area contributed by atoms with Crippen LogP contribution in [0.15, 0.2) is 61.4 Å². The Balaban J connectivity index is 1.13. The molecule has 2 saturated heterocycles. The fraction of sp³-hybridized carbons (Fsp3) is 0.382. The smallest absolute Gasteiger partial charge is 0.246 e. The lowest BCUT2D eigenvalue weighted by atomic mass is 9.97. The van der Waals surface area contributed by atoms with Crippen molar-refractivity contribution < 1.29 is 4.79 Å². The Morgan fingerprint density at radius 3 is 2.50 bits per heavy atom. The summed E-state index contributed by atoms with van der Waals surface area (Å²) >= 11 is 0. The Morgan fingerprint density at radius 2 is 1.79 bits per heavy atom. The molecule has 0 radical (unpaired) electrons. The van der Waals surface area contributed by atoms with Gasteiger partial charge in [-0.15, -0.1) is 0 Å². The summed E-state index contributed by atoms with van der Waals surface area (Å²) in [5.41, 5.74) is 7.98. The van der Waals surface area contributed by atoms with Crippen LogP contribution in [-0.4, -0.2) is 86.4 Å². The summed E-state index contributed by atoms with van der Waals surface area (Å²) in [5.74, 6) is 0.0251. The average molecular weight is 564 g/mol. The van der Waals surface area contributed by atoms with E-state index in [0.717, 1.165) is 87.4 Å². The van der Waals surface area contributed by atoms with E-state index < -0.39 is 0 Å². The molecule has 2 aliphatic heterocycles. The number of rotatable bonds is 8.